The topological polar surface area (TPSA) is 46.2 Å². The molecule has 2 bridgehead atoms. The number of fused-ring (bicyclic) bond motifs is 3. The summed E-state index contributed by atoms with van der Waals surface area (Å²) in [4.78, 5) is 25.9. The van der Waals surface area contributed by atoms with Gasteiger partial charge in [0.2, 0.25) is 5.91 Å². The number of alkyl halides is 1. The van der Waals surface area contributed by atoms with Crippen LogP contribution in [0.4, 0.5) is 5.69 Å². The van der Waals surface area contributed by atoms with E-state index in [2.05, 4.69) is 35.1 Å². The number of hydrogen-bond acceptors (Lipinski definition) is 2. The van der Waals surface area contributed by atoms with Gasteiger partial charge < -0.3 is 5.32 Å². The van der Waals surface area contributed by atoms with Crippen LogP contribution in [0.3, 0.4) is 0 Å². The smallest absolute Gasteiger partial charge is 0.232 e. The van der Waals surface area contributed by atoms with Gasteiger partial charge in [-0.2, -0.15) is 0 Å². The van der Waals surface area contributed by atoms with Crippen molar-refractivity contribution in [3.8, 4) is 0 Å². The van der Waals surface area contributed by atoms with E-state index in [0.717, 1.165) is 29.3 Å². The molecule has 2 aromatic rings. The molecule has 3 atom stereocenters. The first-order chi connectivity index (χ1) is 11.8. The van der Waals surface area contributed by atoms with E-state index >= 15 is 0 Å². The summed E-state index contributed by atoms with van der Waals surface area (Å²) in [5, 5.41) is 5.25. The maximum absolute atomic E-state index is 13.5. The minimum Gasteiger partial charge on any atom is -0.325 e. The Bertz CT molecular complexity index is 900. The lowest BCUT2D eigenvalue weighted by molar-refractivity contribution is -0.130. The molecule has 2 fully saturated rings. The minimum absolute atomic E-state index is 0.0506. The molecular formula is C21H22BrNO2. The Hall–Kier alpha value is -1.68. The van der Waals surface area contributed by atoms with Crippen LogP contribution in [0.5, 0.6) is 0 Å². The maximum atomic E-state index is 13.5. The van der Waals surface area contributed by atoms with E-state index in [4.69, 9.17) is 0 Å². The molecule has 130 valence electrons. The van der Waals surface area contributed by atoms with Gasteiger partial charge in [0.05, 0.1) is 10.2 Å². The largest absolute Gasteiger partial charge is 0.325 e. The molecule has 25 heavy (non-hydrogen) atoms. The molecule has 2 aliphatic rings. The summed E-state index contributed by atoms with van der Waals surface area (Å²) in [5.74, 6) is 0.113. The lowest BCUT2D eigenvalue weighted by Gasteiger charge is -2.39. The zero-order chi connectivity index (χ0) is 18.0. The van der Waals surface area contributed by atoms with Gasteiger partial charge in [-0.1, -0.05) is 73.1 Å². The third kappa shape index (κ3) is 1.86. The summed E-state index contributed by atoms with van der Waals surface area (Å²) in [6, 6.07) is 13.9. The second-order valence-corrected chi connectivity index (χ2v) is 9.05. The average molecular weight is 400 g/mol. The summed E-state index contributed by atoms with van der Waals surface area (Å²) in [6.07, 6.45) is 1.50. The molecule has 0 radical (unpaired) electrons. The molecule has 3 nitrogen and oxygen atoms in total. The minimum atomic E-state index is -0.713. The molecule has 2 aromatic carbocycles. The van der Waals surface area contributed by atoms with Crippen molar-refractivity contribution in [1.82, 2.24) is 0 Å². The van der Waals surface area contributed by atoms with Gasteiger partial charge in [-0.05, 0) is 29.7 Å². The highest BCUT2D eigenvalue weighted by molar-refractivity contribution is 9.10. The fraction of sp³-hybridized carbons (Fsp3) is 0.429. The second-order valence-electron chi connectivity index (χ2n) is 8.14. The van der Waals surface area contributed by atoms with E-state index in [0.29, 0.717) is 0 Å². The first-order valence-electron chi connectivity index (χ1n) is 8.73. The number of Topliss-reactive ketones (excluding diaryl/α,β-unsaturated/α-hetero) is 1. The number of halogens is 1. The van der Waals surface area contributed by atoms with E-state index in [1.807, 2.05) is 49.4 Å². The third-order valence-electron chi connectivity index (χ3n) is 7.16. The Morgan fingerprint density at radius 3 is 2.44 bits per heavy atom. The molecule has 0 spiro atoms. The van der Waals surface area contributed by atoms with E-state index in [-0.39, 0.29) is 17.1 Å². The van der Waals surface area contributed by atoms with Crippen LogP contribution in [-0.4, -0.2) is 16.5 Å². The Kier molecular flexibility index (Phi) is 3.46. The van der Waals surface area contributed by atoms with Gasteiger partial charge in [-0.3, -0.25) is 9.59 Å². The Balaban J connectivity index is 1.78. The van der Waals surface area contributed by atoms with E-state index < -0.39 is 15.7 Å². The number of benzene rings is 2. The van der Waals surface area contributed by atoms with Crippen LogP contribution in [0.1, 0.15) is 33.6 Å². The Morgan fingerprint density at radius 2 is 1.76 bits per heavy atom. The fourth-order valence-electron chi connectivity index (χ4n) is 5.02. The standard InChI is InChI=1S/C21H22BrNO2/c1-19(2)20(3)11-12-21(19,16(22)17(20)24)18(25)23-15-10-6-8-13-7-4-5-9-14(13)15/h4-10,16H,11-12H2,1-3H3,(H,23,25)/t16-,20+,21+/m1/s1. The number of anilines is 1. The monoisotopic (exact) mass is 399 g/mol. The van der Waals surface area contributed by atoms with Gasteiger partial charge in [0.25, 0.3) is 0 Å². The zero-order valence-electron chi connectivity index (χ0n) is 14.7. The van der Waals surface area contributed by atoms with Crippen molar-refractivity contribution in [1.29, 1.82) is 0 Å². The quantitative estimate of drug-likeness (QED) is 0.726. The highest BCUT2D eigenvalue weighted by Gasteiger charge is 2.76. The molecule has 2 aliphatic carbocycles. The molecule has 1 amide bonds. The van der Waals surface area contributed by atoms with Gasteiger partial charge >= 0.3 is 0 Å². The van der Waals surface area contributed by atoms with Crippen LogP contribution in [0.15, 0.2) is 42.5 Å². The first-order valence-corrected chi connectivity index (χ1v) is 9.65. The molecule has 4 rings (SSSR count). The average Bonchev–Trinajstić information content (AvgIpc) is 2.87. The van der Waals surface area contributed by atoms with Crippen molar-refractivity contribution in [2.24, 2.45) is 16.2 Å². The number of hydrogen-bond donors (Lipinski definition) is 1. The summed E-state index contributed by atoms with van der Waals surface area (Å²) >= 11 is 3.58. The van der Waals surface area contributed by atoms with Crippen molar-refractivity contribution in [2.45, 2.75) is 38.4 Å². The van der Waals surface area contributed by atoms with Crippen LogP contribution in [0.25, 0.3) is 10.8 Å². The Labute approximate surface area is 156 Å². The van der Waals surface area contributed by atoms with E-state index in [1.165, 1.54) is 0 Å². The number of carbonyl (C=O) groups excluding carboxylic acids is 2. The highest BCUT2D eigenvalue weighted by Crippen LogP contribution is 2.72. The lowest BCUT2D eigenvalue weighted by atomic mass is 9.64. The van der Waals surface area contributed by atoms with E-state index in [1.54, 1.807) is 0 Å². The summed E-state index contributed by atoms with van der Waals surface area (Å²) in [6.45, 7) is 6.16. The van der Waals surface area contributed by atoms with Gasteiger partial charge in [0.1, 0.15) is 0 Å². The summed E-state index contributed by atoms with van der Waals surface area (Å²) < 4.78 is 0. The van der Waals surface area contributed by atoms with Gasteiger partial charge in [0, 0.05) is 16.5 Å². The summed E-state index contributed by atoms with van der Waals surface area (Å²) in [5.41, 5.74) is -0.742. The van der Waals surface area contributed by atoms with Crippen LogP contribution in [0.2, 0.25) is 0 Å². The molecule has 0 saturated heterocycles. The fourth-order valence-corrected chi connectivity index (χ4v) is 6.54. The van der Waals surface area contributed by atoms with Crippen LogP contribution in [-0.2, 0) is 9.59 Å². The Morgan fingerprint density at radius 1 is 1.08 bits per heavy atom. The SMILES string of the molecule is CC1(C)[C@@]2(C)CC[C@@]1(C(=O)Nc1cccc3ccccc13)[C@H](Br)C2=O. The number of amides is 1. The van der Waals surface area contributed by atoms with Crippen LogP contribution < -0.4 is 5.32 Å². The number of carbonyl (C=O) groups is 2. The predicted octanol–water partition coefficient (Wildman–Crippen LogP) is 4.94. The number of ketones is 1. The molecule has 0 unspecified atom stereocenters. The third-order valence-corrected chi connectivity index (χ3v) is 8.36. The van der Waals surface area contributed by atoms with Crippen molar-refractivity contribution in [2.75, 3.05) is 5.32 Å². The molecule has 0 aromatic heterocycles. The molecule has 0 aliphatic heterocycles. The van der Waals surface area contributed by atoms with Gasteiger partial charge in [-0.15, -0.1) is 0 Å². The van der Waals surface area contributed by atoms with Gasteiger partial charge in [-0.25, -0.2) is 0 Å². The number of rotatable bonds is 2. The van der Waals surface area contributed by atoms with Crippen LogP contribution >= 0.6 is 15.9 Å². The zero-order valence-corrected chi connectivity index (χ0v) is 16.3. The second kappa shape index (κ2) is 5.16. The molecule has 2 saturated carbocycles. The van der Waals surface area contributed by atoms with E-state index in [9.17, 15) is 9.59 Å². The molecule has 0 heterocycles. The van der Waals surface area contributed by atoms with Crippen molar-refractivity contribution < 1.29 is 9.59 Å². The summed E-state index contributed by atoms with van der Waals surface area (Å²) in [7, 11) is 0. The highest BCUT2D eigenvalue weighted by atomic mass is 79.9. The molecule has 4 heteroatoms. The normalized spacial score (nSPS) is 33.0. The first kappa shape index (κ1) is 16.8. The van der Waals surface area contributed by atoms with Crippen LogP contribution in [0, 0.1) is 16.2 Å². The number of nitrogens with one attached hydrogen (secondary N) is 1. The van der Waals surface area contributed by atoms with Gasteiger partial charge in [0.15, 0.2) is 5.78 Å². The maximum Gasteiger partial charge on any atom is 0.232 e. The predicted molar refractivity (Wildman–Crippen MR) is 104 cm³/mol. The van der Waals surface area contributed by atoms with Crippen molar-refractivity contribution in [3.63, 3.8) is 0 Å². The van der Waals surface area contributed by atoms with Crippen molar-refractivity contribution in [3.05, 3.63) is 42.5 Å². The lowest BCUT2D eigenvalue weighted by Crippen LogP contribution is -2.48. The molecule has 1 N–H and O–H groups in total. The molecular weight excluding hydrogens is 378 g/mol. The van der Waals surface area contributed by atoms with Crippen molar-refractivity contribution >= 4 is 44.1 Å².